The Hall–Kier alpha value is -2.68. The number of rotatable bonds is 5. The number of nitrogens with one attached hydrogen (secondary N) is 1. The van der Waals surface area contributed by atoms with E-state index in [1.165, 1.54) is 26.4 Å². The monoisotopic (exact) mass is 343 g/mol. The topological polar surface area (TPSA) is 78.6 Å². The summed E-state index contributed by atoms with van der Waals surface area (Å²) in [5.41, 5.74) is 4.65. The number of halogens is 3. The van der Waals surface area contributed by atoms with E-state index < -0.39 is 6.36 Å². The minimum absolute atomic E-state index is 0.183. The van der Waals surface area contributed by atoms with Crippen molar-refractivity contribution < 1.29 is 27.4 Å². The third-order valence-corrected chi connectivity index (χ3v) is 3.19. The molecule has 6 nitrogen and oxygen atoms in total. The Balaban J connectivity index is 2.52. The summed E-state index contributed by atoms with van der Waals surface area (Å²) in [6.45, 7) is 1.78. The van der Waals surface area contributed by atoms with Gasteiger partial charge in [0.25, 0.3) is 0 Å². The zero-order valence-corrected chi connectivity index (χ0v) is 13.2. The predicted octanol–water partition coefficient (Wildman–Crippen LogP) is 3.26. The number of alkyl halides is 3. The first kappa shape index (κ1) is 17.7. The van der Waals surface area contributed by atoms with Crippen molar-refractivity contribution in [3.8, 4) is 28.6 Å². The van der Waals surface area contributed by atoms with Crippen LogP contribution in [0.15, 0.2) is 24.3 Å². The average Bonchev–Trinajstić information content (AvgIpc) is 2.53. The molecule has 3 N–H and O–H groups in total. The van der Waals surface area contributed by atoms with Gasteiger partial charge in [0.1, 0.15) is 17.2 Å². The van der Waals surface area contributed by atoms with Gasteiger partial charge in [-0.3, -0.25) is 5.84 Å². The first-order chi connectivity index (χ1) is 11.3. The maximum absolute atomic E-state index is 12.3. The number of hydrogen-bond acceptors (Lipinski definition) is 6. The molecule has 0 aliphatic carbocycles. The summed E-state index contributed by atoms with van der Waals surface area (Å²) >= 11 is 0. The number of nitrogen functional groups attached to an aromatic ring is 1. The van der Waals surface area contributed by atoms with E-state index in [-0.39, 0.29) is 17.4 Å². The molecule has 1 heterocycles. The van der Waals surface area contributed by atoms with Crippen molar-refractivity contribution >= 4 is 5.69 Å². The number of benzene rings is 1. The number of nitrogens with zero attached hydrogens (tertiary/aromatic N) is 1. The van der Waals surface area contributed by atoms with Gasteiger partial charge in [-0.1, -0.05) is 0 Å². The standard InChI is InChI=1S/C15H16F3N3O3/c1-8-6-11(21-19)14(23-3)20-13(8)10-5-4-9(7-12(10)22-2)24-15(16,17)18/h4-7,21H,19H2,1-3H3. The summed E-state index contributed by atoms with van der Waals surface area (Å²) < 4.78 is 51.2. The van der Waals surface area contributed by atoms with Crippen molar-refractivity contribution in [2.45, 2.75) is 13.3 Å². The summed E-state index contributed by atoms with van der Waals surface area (Å²) in [6.07, 6.45) is -4.78. The maximum atomic E-state index is 12.3. The molecule has 2 rings (SSSR count). The second-order valence-electron chi connectivity index (χ2n) is 4.76. The van der Waals surface area contributed by atoms with Gasteiger partial charge in [0.05, 0.1) is 19.9 Å². The van der Waals surface area contributed by atoms with Crippen LogP contribution in [0.5, 0.6) is 17.4 Å². The highest BCUT2D eigenvalue weighted by Crippen LogP contribution is 2.37. The van der Waals surface area contributed by atoms with Gasteiger partial charge in [0, 0.05) is 11.6 Å². The molecule has 2 aromatic rings. The fraction of sp³-hybridized carbons (Fsp3) is 0.267. The molecule has 0 spiro atoms. The van der Waals surface area contributed by atoms with Crippen LogP contribution in [0.2, 0.25) is 0 Å². The van der Waals surface area contributed by atoms with Gasteiger partial charge in [0.2, 0.25) is 5.88 Å². The fourth-order valence-corrected chi connectivity index (χ4v) is 2.19. The van der Waals surface area contributed by atoms with E-state index in [1.54, 1.807) is 13.0 Å². The van der Waals surface area contributed by atoms with Crippen molar-refractivity contribution in [1.29, 1.82) is 0 Å². The van der Waals surface area contributed by atoms with Gasteiger partial charge in [-0.25, -0.2) is 4.98 Å². The van der Waals surface area contributed by atoms with Crippen LogP contribution in [-0.4, -0.2) is 25.6 Å². The van der Waals surface area contributed by atoms with E-state index in [9.17, 15) is 13.2 Å². The normalized spacial score (nSPS) is 11.1. The van der Waals surface area contributed by atoms with Crippen molar-refractivity contribution in [2.24, 2.45) is 5.84 Å². The second-order valence-corrected chi connectivity index (χ2v) is 4.76. The number of methoxy groups -OCH3 is 2. The van der Waals surface area contributed by atoms with Crippen molar-refractivity contribution in [3.63, 3.8) is 0 Å². The molecule has 9 heteroatoms. The number of hydrogen-bond donors (Lipinski definition) is 2. The number of aryl methyl sites for hydroxylation is 1. The van der Waals surface area contributed by atoms with E-state index >= 15 is 0 Å². The summed E-state index contributed by atoms with van der Waals surface area (Å²) in [5.74, 6) is 5.45. The molecule has 0 saturated carbocycles. The van der Waals surface area contributed by atoms with Crippen LogP contribution in [0.1, 0.15) is 5.56 Å². The maximum Gasteiger partial charge on any atom is 0.573 e. The molecule has 0 amide bonds. The van der Waals surface area contributed by atoms with Crippen molar-refractivity contribution in [3.05, 3.63) is 29.8 Å². The molecule has 0 unspecified atom stereocenters. The van der Waals surface area contributed by atoms with Crippen LogP contribution >= 0.6 is 0 Å². The number of aromatic nitrogens is 1. The van der Waals surface area contributed by atoms with Gasteiger partial charge < -0.3 is 19.6 Å². The summed E-state index contributed by atoms with van der Waals surface area (Å²) in [7, 11) is 2.78. The Morgan fingerprint density at radius 3 is 2.38 bits per heavy atom. The van der Waals surface area contributed by atoms with Crippen molar-refractivity contribution in [1.82, 2.24) is 4.98 Å². The molecular weight excluding hydrogens is 327 g/mol. The summed E-state index contributed by atoms with van der Waals surface area (Å²) in [4.78, 5) is 4.34. The Labute approximate surface area is 136 Å². The first-order valence-corrected chi connectivity index (χ1v) is 6.75. The molecule has 0 radical (unpaired) electrons. The number of anilines is 1. The number of hydrazine groups is 1. The number of nitrogens with two attached hydrogens (primary N) is 1. The largest absolute Gasteiger partial charge is 0.573 e. The molecule has 0 aliphatic rings. The van der Waals surface area contributed by atoms with Gasteiger partial charge in [0.15, 0.2) is 0 Å². The molecule has 130 valence electrons. The zero-order chi connectivity index (χ0) is 17.9. The smallest absolute Gasteiger partial charge is 0.496 e. The highest BCUT2D eigenvalue weighted by atomic mass is 19.4. The number of ether oxygens (including phenoxy) is 3. The van der Waals surface area contributed by atoms with Gasteiger partial charge in [-0.2, -0.15) is 0 Å². The molecule has 24 heavy (non-hydrogen) atoms. The molecule has 1 aromatic carbocycles. The second kappa shape index (κ2) is 6.83. The van der Waals surface area contributed by atoms with Crippen LogP contribution in [0.25, 0.3) is 11.3 Å². The van der Waals surface area contributed by atoms with E-state index in [0.717, 1.165) is 11.6 Å². The Morgan fingerprint density at radius 1 is 1.12 bits per heavy atom. The van der Waals surface area contributed by atoms with E-state index in [1.807, 2.05) is 0 Å². The lowest BCUT2D eigenvalue weighted by molar-refractivity contribution is -0.274. The Bertz CT molecular complexity index is 736. The number of pyridine rings is 1. The minimum atomic E-state index is -4.78. The van der Waals surface area contributed by atoms with Crippen LogP contribution < -0.4 is 25.5 Å². The van der Waals surface area contributed by atoms with E-state index in [4.69, 9.17) is 15.3 Å². The molecule has 0 saturated heterocycles. The van der Waals surface area contributed by atoms with Gasteiger partial charge in [-0.15, -0.1) is 13.2 Å². The SMILES string of the molecule is COc1cc(OC(F)(F)F)ccc1-c1nc(OC)c(NN)cc1C. The van der Waals surface area contributed by atoms with Crippen LogP contribution in [0.3, 0.4) is 0 Å². The summed E-state index contributed by atoms with van der Waals surface area (Å²) in [6, 6.07) is 5.48. The van der Waals surface area contributed by atoms with Crippen LogP contribution in [0.4, 0.5) is 18.9 Å². The molecular formula is C15H16F3N3O3. The zero-order valence-electron chi connectivity index (χ0n) is 13.2. The van der Waals surface area contributed by atoms with E-state index in [0.29, 0.717) is 16.9 Å². The van der Waals surface area contributed by atoms with E-state index in [2.05, 4.69) is 15.1 Å². The quantitative estimate of drug-likeness (QED) is 0.641. The van der Waals surface area contributed by atoms with Crippen LogP contribution in [0, 0.1) is 6.92 Å². The lowest BCUT2D eigenvalue weighted by Crippen LogP contribution is -2.17. The molecule has 0 fully saturated rings. The summed E-state index contributed by atoms with van der Waals surface area (Å²) in [5, 5.41) is 0. The van der Waals surface area contributed by atoms with Crippen LogP contribution in [-0.2, 0) is 0 Å². The Morgan fingerprint density at radius 2 is 1.83 bits per heavy atom. The third kappa shape index (κ3) is 3.80. The predicted molar refractivity (Wildman–Crippen MR) is 82.0 cm³/mol. The highest BCUT2D eigenvalue weighted by Gasteiger charge is 2.31. The fourth-order valence-electron chi connectivity index (χ4n) is 2.19. The lowest BCUT2D eigenvalue weighted by atomic mass is 10.0. The van der Waals surface area contributed by atoms with Gasteiger partial charge in [-0.05, 0) is 30.7 Å². The van der Waals surface area contributed by atoms with Crippen molar-refractivity contribution in [2.75, 3.05) is 19.6 Å². The van der Waals surface area contributed by atoms with Gasteiger partial charge >= 0.3 is 6.36 Å². The molecule has 0 atom stereocenters. The lowest BCUT2D eigenvalue weighted by Gasteiger charge is -2.16. The first-order valence-electron chi connectivity index (χ1n) is 6.75. The highest BCUT2D eigenvalue weighted by molar-refractivity contribution is 5.74. The average molecular weight is 343 g/mol. The molecule has 1 aromatic heterocycles. The molecule has 0 aliphatic heterocycles. The third-order valence-electron chi connectivity index (χ3n) is 3.19. The Kier molecular flexibility index (Phi) is 5.03. The minimum Gasteiger partial charge on any atom is -0.496 e. The molecule has 0 bridgehead atoms.